The highest BCUT2D eigenvalue weighted by Crippen LogP contribution is 2.32. The topological polar surface area (TPSA) is 63.9 Å². The first-order chi connectivity index (χ1) is 7.74. The Hall–Kier alpha value is -1.26. The number of aliphatic hydroxyl groups excluding tert-OH is 2. The Morgan fingerprint density at radius 2 is 2.19 bits per heavy atom. The quantitative estimate of drug-likeness (QED) is 0.710. The third-order valence-corrected chi connectivity index (χ3v) is 3.02. The smallest absolute Gasteiger partial charge is 0.126 e. The van der Waals surface area contributed by atoms with Gasteiger partial charge in [-0.1, -0.05) is 6.07 Å². The Bertz CT molecular complexity index is 367. The average molecular weight is 223 g/mol. The Balaban J connectivity index is 2.35. The molecular weight excluding hydrogens is 206 g/mol. The molecule has 0 amide bonds. The van der Waals surface area contributed by atoms with Crippen LogP contribution in [0, 0.1) is 0 Å². The molecule has 0 saturated carbocycles. The van der Waals surface area contributed by atoms with Crippen molar-refractivity contribution in [3.63, 3.8) is 0 Å². The van der Waals surface area contributed by atoms with Crippen LogP contribution >= 0.6 is 0 Å². The number of benzene rings is 1. The maximum absolute atomic E-state index is 9.81. The molecule has 1 aromatic carbocycles. The number of hydrogen-bond acceptors (Lipinski definition) is 4. The lowest BCUT2D eigenvalue weighted by molar-refractivity contribution is 0.185. The van der Waals surface area contributed by atoms with Gasteiger partial charge in [-0.2, -0.15) is 0 Å². The summed E-state index contributed by atoms with van der Waals surface area (Å²) in [5.74, 6) is 0.186. The van der Waals surface area contributed by atoms with E-state index >= 15 is 0 Å². The highest BCUT2D eigenvalue weighted by Gasteiger charge is 2.24. The van der Waals surface area contributed by atoms with E-state index in [1.165, 1.54) is 0 Å². The minimum absolute atomic E-state index is 0.00545. The zero-order chi connectivity index (χ0) is 11.5. The maximum Gasteiger partial charge on any atom is 0.126 e. The molecule has 2 rings (SSSR count). The van der Waals surface area contributed by atoms with Crippen LogP contribution in [0.15, 0.2) is 18.2 Å². The van der Waals surface area contributed by atoms with Gasteiger partial charge in [-0.3, -0.25) is 0 Å². The van der Waals surface area contributed by atoms with Gasteiger partial charge in [0.1, 0.15) is 12.0 Å². The van der Waals surface area contributed by atoms with Gasteiger partial charge in [0.2, 0.25) is 0 Å². The molecular formula is C12H17NO3. The van der Waals surface area contributed by atoms with E-state index in [1.54, 1.807) is 12.1 Å². The summed E-state index contributed by atoms with van der Waals surface area (Å²) >= 11 is 0. The molecule has 1 saturated heterocycles. The van der Waals surface area contributed by atoms with E-state index in [0.717, 1.165) is 25.1 Å². The number of phenolic OH excluding ortho intramolecular Hbond substituents is 1. The van der Waals surface area contributed by atoms with Crippen LogP contribution < -0.4 is 4.90 Å². The Kier molecular flexibility index (Phi) is 3.31. The maximum atomic E-state index is 9.81. The van der Waals surface area contributed by atoms with Gasteiger partial charge < -0.3 is 20.2 Å². The van der Waals surface area contributed by atoms with Crippen LogP contribution in [0.25, 0.3) is 0 Å². The highest BCUT2D eigenvalue weighted by molar-refractivity contribution is 5.60. The molecule has 88 valence electrons. The van der Waals surface area contributed by atoms with Crippen molar-refractivity contribution in [2.75, 3.05) is 18.1 Å². The van der Waals surface area contributed by atoms with Gasteiger partial charge in [0, 0.05) is 30.8 Å². The molecule has 0 spiro atoms. The van der Waals surface area contributed by atoms with Crippen LogP contribution in [0.3, 0.4) is 0 Å². The largest absolute Gasteiger partial charge is 0.508 e. The average Bonchev–Trinajstić information content (AvgIpc) is 2.68. The number of nitrogens with zero attached hydrogens (tertiary/aromatic N) is 1. The minimum atomic E-state index is -0.473. The molecule has 0 bridgehead atoms. The van der Waals surface area contributed by atoms with E-state index in [-0.39, 0.29) is 12.4 Å². The zero-order valence-corrected chi connectivity index (χ0v) is 9.13. The standard InChI is InChI=1S/C12H17NO3/c14-8-6-9-10(3-1-4-11(9)15)13-7-2-5-12(13)16/h1,3-4,12,14-16H,2,5-8H2. The zero-order valence-electron chi connectivity index (χ0n) is 9.13. The van der Waals surface area contributed by atoms with E-state index in [9.17, 15) is 10.2 Å². The minimum Gasteiger partial charge on any atom is -0.508 e. The summed E-state index contributed by atoms with van der Waals surface area (Å²) in [6, 6.07) is 5.24. The van der Waals surface area contributed by atoms with Crippen LogP contribution in [0.1, 0.15) is 18.4 Å². The molecule has 1 heterocycles. The molecule has 1 unspecified atom stereocenters. The number of aromatic hydroxyl groups is 1. The fraction of sp³-hybridized carbons (Fsp3) is 0.500. The summed E-state index contributed by atoms with van der Waals surface area (Å²) in [7, 11) is 0. The van der Waals surface area contributed by atoms with E-state index in [4.69, 9.17) is 5.11 Å². The summed E-state index contributed by atoms with van der Waals surface area (Å²) in [5.41, 5.74) is 1.55. The molecule has 3 N–H and O–H groups in total. The second-order valence-electron chi connectivity index (χ2n) is 4.06. The van der Waals surface area contributed by atoms with Crippen molar-refractivity contribution >= 4 is 5.69 Å². The third kappa shape index (κ3) is 1.99. The van der Waals surface area contributed by atoms with Crippen LogP contribution in [0.5, 0.6) is 5.75 Å². The molecule has 1 atom stereocenters. The molecule has 0 aliphatic carbocycles. The van der Waals surface area contributed by atoms with Gasteiger partial charge in [0.15, 0.2) is 0 Å². The second kappa shape index (κ2) is 4.72. The van der Waals surface area contributed by atoms with E-state index in [0.29, 0.717) is 12.0 Å². The summed E-state index contributed by atoms with van der Waals surface area (Å²) in [6.45, 7) is 0.789. The number of hydrogen-bond donors (Lipinski definition) is 3. The van der Waals surface area contributed by atoms with Crippen LogP contribution in [-0.2, 0) is 6.42 Å². The lowest BCUT2D eigenvalue weighted by Gasteiger charge is -2.25. The van der Waals surface area contributed by atoms with Gasteiger partial charge in [0.05, 0.1) is 0 Å². The summed E-state index contributed by atoms with van der Waals surface area (Å²) in [5, 5.41) is 28.5. The van der Waals surface area contributed by atoms with E-state index < -0.39 is 6.23 Å². The lowest BCUT2D eigenvalue weighted by atomic mass is 10.1. The van der Waals surface area contributed by atoms with Crippen molar-refractivity contribution in [1.82, 2.24) is 0 Å². The molecule has 16 heavy (non-hydrogen) atoms. The van der Waals surface area contributed by atoms with Gasteiger partial charge in [-0.05, 0) is 25.0 Å². The summed E-state index contributed by atoms with van der Waals surface area (Å²) in [4.78, 5) is 1.88. The Morgan fingerprint density at radius 3 is 2.81 bits per heavy atom. The van der Waals surface area contributed by atoms with Crippen LogP contribution in [0.4, 0.5) is 5.69 Å². The molecule has 4 nitrogen and oxygen atoms in total. The van der Waals surface area contributed by atoms with Gasteiger partial charge in [-0.25, -0.2) is 0 Å². The van der Waals surface area contributed by atoms with Gasteiger partial charge in [0.25, 0.3) is 0 Å². The van der Waals surface area contributed by atoms with Crippen molar-refractivity contribution in [2.45, 2.75) is 25.5 Å². The molecule has 0 aromatic heterocycles. The first-order valence-electron chi connectivity index (χ1n) is 5.60. The SMILES string of the molecule is OCCc1c(O)cccc1N1CCCC1O. The fourth-order valence-corrected chi connectivity index (χ4v) is 2.23. The fourth-order valence-electron chi connectivity index (χ4n) is 2.23. The molecule has 0 radical (unpaired) electrons. The first-order valence-corrected chi connectivity index (χ1v) is 5.60. The highest BCUT2D eigenvalue weighted by atomic mass is 16.3. The lowest BCUT2D eigenvalue weighted by Crippen LogP contribution is -2.29. The molecule has 1 aliphatic rings. The van der Waals surface area contributed by atoms with Crippen molar-refractivity contribution in [3.8, 4) is 5.75 Å². The summed E-state index contributed by atoms with van der Waals surface area (Å²) < 4.78 is 0. The predicted octanol–water partition coefficient (Wildman–Crippen LogP) is 0.846. The van der Waals surface area contributed by atoms with Crippen molar-refractivity contribution in [3.05, 3.63) is 23.8 Å². The van der Waals surface area contributed by atoms with Gasteiger partial charge in [-0.15, -0.1) is 0 Å². The number of aliphatic hydroxyl groups is 2. The number of phenols is 1. The van der Waals surface area contributed by atoms with Crippen LogP contribution in [0.2, 0.25) is 0 Å². The molecule has 1 aromatic rings. The number of anilines is 1. The van der Waals surface area contributed by atoms with E-state index in [2.05, 4.69) is 0 Å². The number of rotatable bonds is 3. The second-order valence-corrected chi connectivity index (χ2v) is 4.06. The summed E-state index contributed by atoms with van der Waals surface area (Å²) in [6.07, 6.45) is 1.65. The van der Waals surface area contributed by atoms with Gasteiger partial charge >= 0.3 is 0 Å². The molecule has 4 heteroatoms. The van der Waals surface area contributed by atoms with Crippen molar-refractivity contribution in [1.29, 1.82) is 0 Å². The Labute approximate surface area is 94.8 Å². The monoisotopic (exact) mass is 223 g/mol. The molecule has 1 aliphatic heterocycles. The predicted molar refractivity (Wildman–Crippen MR) is 61.5 cm³/mol. The van der Waals surface area contributed by atoms with Crippen molar-refractivity contribution in [2.24, 2.45) is 0 Å². The Morgan fingerprint density at radius 1 is 1.38 bits per heavy atom. The van der Waals surface area contributed by atoms with E-state index in [1.807, 2.05) is 11.0 Å². The normalized spacial score (nSPS) is 20.4. The third-order valence-electron chi connectivity index (χ3n) is 3.02. The van der Waals surface area contributed by atoms with Crippen molar-refractivity contribution < 1.29 is 15.3 Å². The molecule has 1 fully saturated rings. The van der Waals surface area contributed by atoms with Crippen LogP contribution in [-0.4, -0.2) is 34.7 Å². The first kappa shape index (κ1) is 11.2.